The molecule has 0 aromatic carbocycles. The molecule has 0 bridgehead atoms. The molecule has 0 spiro atoms. The Hall–Kier alpha value is -0.370. The minimum absolute atomic E-state index is 0. The van der Waals surface area contributed by atoms with Gasteiger partial charge in [0.2, 0.25) is 0 Å². The number of hydrogen-bond acceptors (Lipinski definition) is 23. The number of esters is 2. The summed E-state index contributed by atoms with van der Waals surface area (Å²) >= 11 is 0. The maximum atomic E-state index is 11.9. The molecular weight excluding hydrogens is 940 g/mol. The maximum Gasteiger partial charge on any atom is 1.00 e. The molecule has 4 heterocycles. The molecule has 24 nitrogen and oxygen atoms in total. The van der Waals surface area contributed by atoms with Crippen LogP contribution in [0.5, 0.6) is 0 Å². The van der Waals surface area contributed by atoms with Crippen LogP contribution in [0.1, 0.15) is 33.4 Å². The molecule has 3 aliphatic heterocycles. The Morgan fingerprint density at radius 2 is 1.32 bits per heavy atom. The van der Waals surface area contributed by atoms with E-state index in [4.69, 9.17) is 83.3 Å². The quantitative estimate of drug-likeness (QED) is 0.0289. The van der Waals surface area contributed by atoms with Gasteiger partial charge in [-0.2, -0.15) is 0 Å². The van der Waals surface area contributed by atoms with Crippen molar-refractivity contribution in [1.29, 1.82) is 0 Å². The molecule has 3 fully saturated rings. The average molecular weight is 997 g/mol. The van der Waals surface area contributed by atoms with Gasteiger partial charge in [0, 0.05) is 66.1 Å². The summed E-state index contributed by atoms with van der Waals surface area (Å²) in [7, 11) is 7.51. The second-order valence-electron chi connectivity index (χ2n) is 14.4. The van der Waals surface area contributed by atoms with E-state index in [1.54, 1.807) is 10.9 Å². The monoisotopic (exact) mass is 997 g/mol. The van der Waals surface area contributed by atoms with E-state index in [9.17, 15) is 28.5 Å². The van der Waals surface area contributed by atoms with Crippen LogP contribution in [-0.4, -0.2) is 184 Å². The summed E-state index contributed by atoms with van der Waals surface area (Å²) in [5.41, 5.74) is 0.462. The second-order valence-corrected chi connectivity index (χ2v) is 17.4. The van der Waals surface area contributed by atoms with Crippen LogP contribution in [0.25, 0.3) is 0 Å². The molecule has 4 radical (unpaired) electrons. The average Bonchev–Trinajstić information content (AvgIpc) is 3.90. The van der Waals surface area contributed by atoms with Crippen molar-refractivity contribution in [3.63, 3.8) is 0 Å². The molecule has 360 valence electrons. The first-order valence-corrected chi connectivity index (χ1v) is 22.8. The first-order chi connectivity index (χ1) is 30.3. The van der Waals surface area contributed by atoms with Crippen molar-refractivity contribution in [2.24, 2.45) is 11.8 Å². The molecule has 9 unspecified atom stereocenters. The summed E-state index contributed by atoms with van der Waals surface area (Å²) in [6.45, 7) is 7.63. The van der Waals surface area contributed by atoms with Crippen LogP contribution in [0.4, 0.5) is 0 Å². The van der Waals surface area contributed by atoms with E-state index in [0.717, 1.165) is 14.2 Å². The Bertz CT molecular complexity index is 1730. The van der Waals surface area contributed by atoms with Gasteiger partial charge in [0.05, 0.1) is 52.4 Å². The van der Waals surface area contributed by atoms with Crippen molar-refractivity contribution >= 4 is 43.3 Å². The fourth-order valence-electron chi connectivity index (χ4n) is 6.61. The Morgan fingerprint density at radius 3 is 1.82 bits per heavy atom. The summed E-state index contributed by atoms with van der Waals surface area (Å²) < 4.78 is 104. The standard InChI is InChI=1S/C26H43BN3O14P.C10H16BO7P.2Na/c1-15-16(2)26(43-21(14-39-17(3)31)22(15)41-18(4)32)38-10-9-37-8-7-30-11-19(28-29-30)12-40-24-23(44-45(33,34)36-6)20(13-35-5)42-25(24)27;1-4-5-16-9-8(18-19(12,13)15-3)7(6-14-2)17-10(9)11;;/h11,15-16,20-26H,7-10,12-14H2,1-6H3,(H,33,34);1,7-10H,5-6H2,2-3H3,(H,12,13);;/q;;2*+1/p-2/t15?,16?,20-,21?,22?,23+,24?,25-,26?;7-,8+,9?,10-;;/m11../s1. The summed E-state index contributed by atoms with van der Waals surface area (Å²) in [6, 6.07) is -1.84. The van der Waals surface area contributed by atoms with Gasteiger partial charge in [-0.15, -0.1) is 11.5 Å². The van der Waals surface area contributed by atoms with Gasteiger partial charge in [-0.3, -0.25) is 18.7 Å². The van der Waals surface area contributed by atoms with E-state index >= 15 is 0 Å². The van der Waals surface area contributed by atoms with Gasteiger partial charge in [-0.25, -0.2) is 4.68 Å². The smallest absolute Gasteiger partial charge is 0.756 e. The minimum Gasteiger partial charge on any atom is -0.756 e. The van der Waals surface area contributed by atoms with Crippen LogP contribution < -0.4 is 68.9 Å². The molecular formula is C36H57B2N3Na2O21P2. The van der Waals surface area contributed by atoms with Crippen molar-refractivity contribution in [1.82, 2.24) is 15.0 Å². The first kappa shape index (κ1) is 63.6. The van der Waals surface area contributed by atoms with E-state index in [1.807, 2.05) is 13.8 Å². The fourth-order valence-corrected chi connectivity index (χ4v) is 7.89. The number of carbonyl (C=O) groups excluding carboxylic acids is 2. The molecule has 0 amide bonds. The van der Waals surface area contributed by atoms with E-state index in [2.05, 4.69) is 25.3 Å². The number of nitrogens with zero attached hydrogens (tertiary/aromatic N) is 3. The Morgan fingerprint density at radius 1 is 0.773 bits per heavy atom. The van der Waals surface area contributed by atoms with Gasteiger partial charge in [0.15, 0.2) is 6.29 Å². The summed E-state index contributed by atoms with van der Waals surface area (Å²) in [5, 5.41) is 8.11. The van der Waals surface area contributed by atoms with E-state index in [1.165, 1.54) is 28.1 Å². The number of aromatic nitrogens is 3. The van der Waals surface area contributed by atoms with Crippen molar-refractivity contribution < 1.29 is 158 Å². The van der Waals surface area contributed by atoms with Gasteiger partial charge < -0.3 is 80.0 Å². The van der Waals surface area contributed by atoms with E-state index in [0.29, 0.717) is 18.8 Å². The third-order valence-corrected chi connectivity index (χ3v) is 11.7. The van der Waals surface area contributed by atoms with E-state index < -0.39 is 94.7 Å². The molecule has 1 aromatic heterocycles. The molecule has 0 saturated carbocycles. The zero-order valence-electron chi connectivity index (χ0n) is 39.0. The molecule has 0 aliphatic carbocycles. The maximum absolute atomic E-state index is 11.9. The normalized spacial score (nSPS) is 31.1. The summed E-state index contributed by atoms with van der Waals surface area (Å²) in [4.78, 5) is 46.2. The third-order valence-electron chi connectivity index (χ3n) is 9.85. The van der Waals surface area contributed by atoms with Crippen LogP contribution >= 0.6 is 15.6 Å². The Labute approximate surface area is 431 Å². The zero-order valence-corrected chi connectivity index (χ0v) is 44.8. The topological polar surface area (TPSA) is 284 Å². The summed E-state index contributed by atoms with van der Waals surface area (Å²) in [5.74, 6) is 1.13. The molecule has 1 aromatic rings. The van der Waals surface area contributed by atoms with Crippen LogP contribution in [0.15, 0.2) is 6.20 Å². The molecule has 4 rings (SSSR count). The number of phosphoric acid groups is 2. The number of rotatable bonds is 25. The fraction of sp³-hybridized carbons (Fsp3) is 0.833. The SMILES string of the molecule is [B][C@@H]1O[C@H](COC)[C@H](OP(=O)([O-])OC)C1OCC#C.[B][C@@H]1O[C@H](COC)[C@H](OP(=O)([O-])OC)C1OCc1cn(CCOCCOC2OC(COC(C)=O)C(OC(C)=O)C(C)C2C)nn1.[Na+].[Na+]. The van der Waals surface area contributed by atoms with Crippen molar-refractivity contribution in [3.05, 3.63) is 11.9 Å². The first-order valence-electron chi connectivity index (χ1n) is 19.9. The Balaban J connectivity index is 0.000000872. The Kier molecular flexibility index (Phi) is 30.7. The molecule has 3 aliphatic rings. The third kappa shape index (κ3) is 20.8. The van der Waals surface area contributed by atoms with Crippen LogP contribution in [0.3, 0.4) is 0 Å². The number of phosphoric ester groups is 2. The molecule has 30 heteroatoms. The molecule has 15 atom stereocenters. The van der Waals surface area contributed by atoms with Gasteiger partial charge in [-0.05, 0) is 0 Å². The van der Waals surface area contributed by atoms with Gasteiger partial charge >= 0.3 is 71.1 Å². The molecule has 0 N–H and O–H groups in total. The number of carbonyl (C=O) groups is 2. The molecule has 3 saturated heterocycles. The van der Waals surface area contributed by atoms with Gasteiger partial charge in [0.1, 0.15) is 83.4 Å². The second kappa shape index (κ2) is 31.9. The van der Waals surface area contributed by atoms with Gasteiger partial charge in [-0.1, -0.05) is 25.0 Å². The predicted molar refractivity (Wildman–Crippen MR) is 215 cm³/mol. The largest absolute Gasteiger partial charge is 1.00 e. The zero-order chi connectivity index (χ0) is 47.6. The number of terminal acetylenes is 1. The number of ether oxygens (including phenoxy) is 11. The number of hydrogen-bond donors (Lipinski definition) is 0. The molecule has 66 heavy (non-hydrogen) atoms. The number of methoxy groups -OCH3 is 2. The van der Waals surface area contributed by atoms with Crippen molar-refractivity contribution in [2.45, 2.75) is 108 Å². The van der Waals surface area contributed by atoms with E-state index in [-0.39, 0.29) is 117 Å². The minimum atomic E-state index is -4.61. The van der Waals surface area contributed by atoms with Gasteiger partial charge in [0.25, 0.3) is 15.6 Å². The van der Waals surface area contributed by atoms with Crippen LogP contribution in [0, 0.1) is 24.2 Å². The van der Waals surface area contributed by atoms with Crippen molar-refractivity contribution in [3.8, 4) is 12.3 Å². The predicted octanol–water partition coefficient (Wildman–Crippen LogP) is -7.22. The van der Waals surface area contributed by atoms with Crippen molar-refractivity contribution in [2.75, 3.05) is 74.7 Å². The summed E-state index contributed by atoms with van der Waals surface area (Å²) in [6.07, 6.45) is -0.451. The van der Waals surface area contributed by atoms with Crippen LogP contribution in [-0.2, 0) is 102 Å². The van der Waals surface area contributed by atoms with Crippen LogP contribution in [0.2, 0.25) is 0 Å².